The second kappa shape index (κ2) is 11.8. The highest BCUT2D eigenvalue weighted by Gasteiger charge is 2.28. The summed E-state index contributed by atoms with van der Waals surface area (Å²) in [5, 5.41) is 0.782. The zero-order chi connectivity index (χ0) is 26.5. The third-order valence-electron chi connectivity index (χ3n) is 6.54. The van der Waals surface area contributed by atoms with E-state index in [9.17, 15) is 14.0 Å². The number of amides is 1. The summed E-state index contributed by atoms with van der Waals surface area (Å²) in [6.07, 6.45) is 2.15. The number of hydrogen-bond donors (Lipinski definition) is 0. The van der Waals surface area contributed by atoms with Crippen LogP contribution in [0.3, 0.4) is 0 Å². The number of carbonyl (C=O) groups excluding carboxylic acids is 1. The van der Waals surface area contributed by atoms with E-state index in [0.717, 1.165) is 24.8 Å². The summed E-state index contributed by atoms with van der Waals surface area (Å²) in [6.45, 7) is 1.79. The molecule has 4 aromatic rings. The van der Waals surface area contributed by atoms with Gasteiger partial charge in [0.1, 0.15) is 17.1 Å². The number of rotatable bonds is 8. The summed E-state index contributed by atoms with van der Waals surface area (Å²) in [5.41, 5.74) is 1.69. The third-order valence-corrected chi connectivity index (χ3v) is 6.85. The Morgan fingerprint density at radius 2 is 1.76 bits per heavy atom. The maximum absolute atomic E-state index is 13.6. The fraction of sp³-hybridized carbons (Fsp3) is 0.267. The van der Waals surface area contributed by atoms with E-state index < -0.39 is 17.5 Å². The number of benzene rings is 3. The fourth-order valence-electron chi connectivity index (χ4n) is 4.64. The lowest BCUT2D eigenvalue weighted by atomic mass is 10.0. The predicted octanol–water partition coefficient (Wildman–Crippen LogP) is 6.23. The Balaban J connectivity index is 1.41. The number of nitrogens with zero attached hydrogens (tertiary/aromatic N) is 1. The first-order chi connectivity index (χ1) is 18.5. The zero-order valence-corrected chi connectivity index (χ0v) is 21.5. The Kier molecular flexibility index (Phi) is 8.05. The third kappa shape index (κ3) is 6.06. The van der Waals surface area contributed by atoms with Gasteiger partial charge in [0, 0.05) is 41.7 Å². The Bertz CT molecular complexity index is 1480. The van der Waals surface area contributed by atoms with Crippen LogP contribution in [0.2, 0.25) is 5.02 Å². The van der Waals surface area contributed by atoms with Gasteiger partial charge in [-0.25, -0.2) is 9.18 Å². The molecular weight excluding hydrogens is 509 g/mol. The smallest absolute Gasteiger partial charge is 0.336 e. The van der Waals surface area contributed by atoms with Crippen molar-refractivity contribution in [1.29, 1.82) is 0 Å². The van der Waals surface area contributed by atoms with Crippen LogP contribution >= 0.6 is 11.6 Å². The van der Waals surface area contributed by atoms with E-state index in [-0.39, 0.29) is 23.1 Å². The van der Waals surface area contributed by atoms with Crippen LogP contribution in [0.1, 0.15) is 24.8 Å². The predicted molar refractivity (Wildman–Crippen MR) is 144 cm³/mol. The van der Waals surface area contributed by atoms with Crippen molar-refractivity contribution in [3.8, 4) is 16.9 Å². The van der Waals surface area contributed by atoms with Crippen molar-refractivity contribution >= 4 is 28.5 Å². The van der Waals surface area contributed by atoms with Crippen molar-refractivity contribution in [2.45, 2.75) is 32.0 Å². The molecule has 0 unspecified atom stereocenters. The van der Waals surface area contributed by atoms with E-state index in [1.165, 1.54) is 24.3 Å². The molecule has 0 radical (unpaired) electrons. The van der Waals surface area contributed by atoms with Crippen LogP contribution in [-0.4, -0.2) is 36.6 Å². The number of piperidine rings is 1. The number of halogens is 2. The molecule has 0 aliphatic carbocycles. The highest BCUT2D eigenvalue weighted by Crippen LogP contribution is 2.34. The lowest BCUT2D eigenvalue weighted by Gasteiger charge is -2.30. The minimum absolute atomic E-state index is 0.0669. The Labute approximate surface area is 224 Å². The van der Waals surface area contributed by atoms with Gasteiger partial charge in [0.2, 0.25) is 0 Å². The van der Waals surface area contributed by atoms with Crippen LogP contribution in [0.4, 0.5) is 4.39 Å². The second-order valence-corrected chi connectivity index (χ2v) is 9.66. The van der Waals surface area contributed by atoms with Crippen molar-refractivity contribution in [3.05, 3.63) is 99.6 Å². The second-order valence-electron chi connectivity index (χ2n) is 9.25. The van der Waals surface area contributed by atoms with Crippen LogP contribution < -0.4 is 10.4 Å². The minimum atomic E-state index is -0.865. The van der Waals surface area contributed by atoms with E-state index >= 15 is 0 Å². The SMILES string of the molecule is O=C([C@@H](COCc1ccccc1)Oc1ccc2c(-c3ccc(F)cc3Cl)cc(=O)oc2c1)N1CCCCC1. The lowest BCUT2D eigenvalue weighted by molar-refractivity contribution is -0.142. The standard InChI is InChI=1S/C30H27ClFNO5/c31-26-15-21(32)9-11-23(26)25-17-29(34)38-27-16-22(10-12-24(25)27)37-28(30(35)33-13-5-2-6-14-33)19-36-18-20-7-3-1-4-8-20/h1,3-4,7-12,15-17,28H,2,5-6,13-14,18-19H2/t28-/m1/s1. The van der Waals surface area contributed by atoms with Gasteiger partial charge >= 0.3 is 5.63 Å². The molecule has 1 amide bonds. The van der Waals surface area contributed by atoms with Crippen LogP contribution in [0.25, 0.3) is 22.1 Å². The summed E-state index contributed by atoms with van der Waals surface area (Å²) in [5.74, 6) is -0.242. The van der Waals surface area contributed by atoms with Gasteiger partial charge in [-0.1, -0.05) is 41.9 Å². The molecule has 38 heavy (non-hydrogen) atoms. The molecule has 5 rings (SSSR count). The molecule has 1 aliphatic heterocycles. The van der Waals surface area contributed by atoms with Crippen molar-refractivity contribution in [2.75, 3.05) is 19.7 Å². The van der Waals surface area contributed by atoms with E-state index in [2.05, 4.69) is 0 Å². The molecule has 3 aromatic carbocycles. The minimum Gasteiger partial charge on any atom is -0.478 e. The Morgan fingerprint density at radius 1 is 0.974 bits per heavy atom. The van der Waals surface area contributed by atoms with Gasteiger partial charge in [0.05, 0.1) is 18.2 Å². The number of fused-ring (bicyclic) bond motifs is 1. The lowest BCUT2D eigenvalue weighted by Crippen LogP contribution is -2.46. The van der Waals surface area contributed by atoms with Gasteiger partial charge in [-0.2, -0.15) is 0 Å². The van der Waals surface area contributed by atoms with E-state index in [1.807, 2.05) is 35.2 Å². The van der Waals surface area contributed by atoms with Gasteiger partial charge in [-0.05, 0) is 55.2 Å². The van der Waals surface area contributed by atoms with E-state index in [1.54, 1.807) is 18.2 Å². The van der Waals surface area contributed by atoms with Crippen molar-refractivity contribution in [1.82, 2.24) is 4.90 Å². The van der Waals surface area contributed by atoms with Gasteiger partial charge < -0.3 is 18.8 Å². The highest BCUT2D eigenvalue weighted by atomic mass is 35.5. The summed E-state index contributed by atoms with van der Waals surface area (Å²) >= 11 is 6.26. The number of likely N-dealkylation sites (tertiary alicyclic amines) is 1. The largest absolute Gasteiger partial charge is 0.478 e. The highest BCUT2D eigenvalue weighted by molar-refractivity contribution is 6.33. The topological polar surface area (TPSA) is 69.0 Å². The monoisotopic (exact) mass is 535 g/mol. The quantitative estimate of drug-likeness (QED) is 0.250. The molecule has 0 spiro atoms. The van der Waals surface area contributed by atoms with Gasteiger partial charge in [-0.3, -0.25) is 4.79 Å². The maximum Gasteiger partial charge on any atom is 0.336 e. The van der Waals surface area contributed by atoms with Crippen LogP contribution in [0, 0.1) is 5.82 Å². The molecule has 196 valence electrons. The molecule has 1 saturated heterocycles. The van der Waals surface area contributed by atoms with Crippen molar-refractivity contribution in [2.24, 2.45) is 0 Å². The summed E-state index contributed by atoms with van der Waals surface area (Å²) in [4.78, 5) is 27.6. The first-order valence-corrected chi connectivity index (χ1v) is 13.0. The molecule has 0 N–H and O–H groups in total. The molecule has 0 saturated carbocycles. The first-order valence-electron chi connectivity index (χ1n) is 12.6. The molecular formula is C30H27ClFNO5. The van der Waals surface area contributed by atoms with Crippen LogP contribution in [0.15, 0.2) is 82.0 Å². The first kappa shape index (κ1) is 25.9. The molecule has 2 heterocycles. The number of hydrogen-bond acceptors (Lipinski definition) is 5. The van der Waals surface area contributed by atoms with Gasteiger partial charge in [0.15, 0.2) is 6.10 Å². The van der Waals surface area contributed by atoms with Crippen LogP contribution in [0.5, 0.6) is 5.75 Å². The Morgan fingerprint density at radius 3 is 2.53 bits per heavy atom. The van der Waals surface area contributed by atoms with Gasteiger partial charge in [0.25, 0.3) is 5.91 Å². The molecule has 0 bridgehead atoms. The van der Waals surface area contributed by atoms with Crippen molar-refractivity contribution < 1.29 is 23.1 Å². The summed E-state index contributed by atoms with van der Waals surface area (Å²) < 4.78 is 31.1. The summed E-state index contributed by atoms with van der Waals surface area (Å²) in [7, 11) is 0. The maximum atomic E-state index is 13.6. The molecule has 8 heteroatoms. The van der Waals surface area contributed by atoms with Crippen LogP contribution in [-0.2, 0) is 16.1 Å². The number of carbonyl (C=O) groups is 1. The Hall–Kier alpha value is -3.68. The van der Waals surface area contributed by atoms with Gasteiger partial charge in [-0.15, -0.1) is 0 Å². The van der Waals surface area contributed by atoms with E-state index in [0.29, 0.717) is 42.0 Å². The normalized spacial score (nSPS) is 14.4. The molecule has 1 aromatic heterocycles. The van der Waals surface area contributed by atoms with E-state index in [4.69, 9.17) is 25.5 Å². The molecule has 1 aliphatic rings. The average molecular weight is 536 g/mol. The fourth-order valence-corrected chi connectivity index (χ4v) is 4.91. The van der Waals surface area contributed by atoms with Crippen molar-refractivity contribution in [3.63, 3.8) is 0 Å². The molecule has 6 nitrogen and oxygen atoms in total. The number of ether oxygens (including phenoxy) is 2. The average Bonchev–Trinajstić information content (AvgIpc) is 2.92. The molecule has 1 atom stereocenters. The zero-order valence-electron chi connectivity index (χ0n) is 20.7. The molecule has 1 fully saturated rings. The summed E-state index contributed by atoms with van der Waals surface area (Å²) in [6, 6.07) is 20.0.